The molecule has 2 aromatic carbocycles. The molecule has 2 rings (SSSR count). The fourth-order valence-electron chi connectivity index (χ4n) is 1.37. The van der Waals surface area contributed by atoms with E-state index in [1.165, 1.54) is 12.1 Å². The van der Waals surface area contributed by atoms with Gasteiger partial charge < -0.3 is 10.2 Å². The van der Waals surface area contributed by atoms with Crippen molar-refractivity contribution in [2.24, 2.45) is 0 Å². The number of fused-ring (bicyclic) bond motifs is 1. The van der Waals surface area contributed by atoms with Gasteiger partial charge in [-0.3, -0.25) is 0 Å². The third kappa shape index (κ3) is 2.33. The third-order valence-electron chi connectivity index (χ3n) is 2.07. The van der Waals surface area contributed by atoms with Crippen LogP contribution >= 0.6 is 0 Å². The summed E-state index contributed by atoms with van der Waals surface area (Å²) in [7, 11) is 0. The number of aromatic carboxylic acids is 1. The minimum atomic E-state index is -0.944. The Labute approximate surface area is 98.5 Å². The molecule has 15 heavy (non-hydrogen) atoms. The number of aromatic hydroxyl groups is 1. The Bertz CT molecular complexity index is 508. The van der Waals surface area contributed by atoms with Crippen molar-refractivity contribution in [1.82, 2.24) is 0 Å². The van der Waals surface area contributed by atoms with E-state index in [1.54, 1.807) is 24.3 Å². The van der Waals surface area contributed by atoms with Gasteiger partial charge in [-0.2, -0.15) is 0 Å². The Morgan fingerprint density at radius 3 is 2.27 bits per heavy atom. The van der Waals surface area contributed by atoms with Gasteiger partial charge in [-0.05, 0) is 35.0 Å². The van der Waals surface area contributed by atoms with Crippen LogP contribution in [-0.4, -0.2) is 35.0 Å². The number of phenols is 1. The Morgan fingerprint density at radius 1 is 1.00 bits per heavy atom. The number of rotatable bonds is 1. The minimum absolute atomic E-state index is 0. The van der Waals surface area contributed by atoms with Gasteiger partial charge in [-0.1, -0.05) is 12.1 Å². The molecule has 0 unspecified atom stereocenters. The van der Waals surface area contributed by atoms with Crippen LogP contribution in [-0.2, 0) is 0 Å². The molecule has 0 atom stereocenters. The second-order valence-corrected chi connectivity index (χ2v) is 3.05. The summed E-state index contributed by atoms with van der Waals surface area (Å²) >= 11 is 0. The van der Waals surface area contributed by atoms with E-state index in [0.717, 1.165) is 10.8 Å². The number of carboxylic acid groups (broad SMARTS) is 1. The second kappa shape index (κ2) is 4.39. The zero-order valence-corrected chi connectivity index (χ0v) is 7.27. The molecule has 0 aliphatic rings. The van der Waals surface area contributed by atoms with E-state index in [0.29, 0.717) is 0 Å². The normalized spacial score (nSPS) is 9.60. The Hall–Kier alpha value is -1.43. The molecule has 4 heteroatoms. The average molecular weight is 196 g/mol. The summed E-state index contributed by atoms with van der Waals surface area (Å²) in [4.78, 5) is 10.7. The molecule has 0 heterocycles. The predicted molar refractivity (Wildman–Crippen MR) is 59.7 cm³/mol. The summed E-state index contributed by atoms with van der Waals surface area (Å²) in [6.45, 7) is 0. The molecule has 0 aliphatic carbocycles. The van der Waals surface area contributed by atoms with Gasteiger partial charge in [0.1, 0.15) is 5.75 Å². The van der Waals surface area contributed by atoms with Crippen LogP contribution in [0.25, 0.3) is 10.8 Å². The summed E-state index contributed by atoms with van der Waals surface area (Å²) < 4.78 is 0. The van der Waals surface area contributed by atoms with E-state index in [-0.39, 0.29) is 30.2 Å². The molecule has 72 valence electrons. The van der Waals surface area contributed by atoms with Gasteiger partial charge in [0, 0.05) is 0 Å². The van der Waals surface area contributed by atoms with Gasteiger partial charge in [-0.25, -0.2) is 4.79 Å². The van der Waals surface area contributed by atoms with E-state index < -0.39 is 5.97 Å². The van der Waals surface area contributed by atoms with Crippen molar-refractivity contribution in [2.45, 2.75) is 0 Å². The molecule has 2 N–H and O–H groups in total. The first-order valence-corrected chi connectivity index (χ1v) is 4.13. The fourth-order valence-corrected chi connectivity index (χ4v) is 1.37. The van der Waals surface area contributed by atoms with E-state index in [9.17, 15) is 9.90 Å². The molecule has 2 aromatic rings. The van der Waals surface area contributed by atoms with Crippen LogP contribution in [0.3, 0.4) is 0 Å². The van der Waals surface area contributed by atoms with E-state index in [2.05, 4.69) is 0 Å². The standard InChI is InChI=1S/C11H8O3.Li.H/c12-10-4-3-7-5-9(11(13)14)2-1-8(7)6-10;;/h1-6,12H,(H,13,14);;. The maximum atomic E-state index is 10.7. The second-order valence-electron chi connectivity index (χ2n) is 3.05. The van der Waals surface area contributed by atoms with Crippen LogP contribution in [0, 0.1) is 0 Å². The van der Waals surface area contributed by atoms with Crippen molar-refractivity contribution in [3.8, 4) is 5.75 Å². The van der Waals surface area contributed by atoms with Gasteiger partial charge in [0.15, 0.2) is 0 Å². The quantitative estimate of drug-likeness (QED) is 0.681. The molecule has 0 aromatic heterocycles. The van der Waals surface area contributed by atoms with Crippen LogP contribution < -0.4 is 0 Å². The van der Waals surface area contributed by atoms with E-state index in [4.69, 9.17) is 5.11 Å². The molecule has 0 spiro atoms. The summed E-state index contributed by atoms with van der Waals surface area (Å²) in [6, 6.07) is 9.60. The first-order chi connectivity index (χ1) is 6.66. The molecule has 0 saturated carbocycles. The van der Waals surface area contributed by atoms with Crippen molar-refractivity contribution < 1.29 is 15.0 Å². The maximum absolute atomic E-state index is 10.7. The molecule has 0 fully saturated rings. The van der Waals surface area contributed by atoms with E-state index in [1.807, 2.05) is 0 Å². The van der Waals surface area contributed by atoms with Crippen molar-refractivity contribution >= 4 is 35.6 Å². The predicted octanol–water partition coefficient (Wildman–Crippen LogP) is 1.60. The van der Waals surface area contributed by atoms with Crippen LogP contribution in [0.2, 0.25) is 0 Å². The van der Waals surface area contributed by atoms with E-state index >= 15 is 0 Å². The number of carbonyl (C=O) groups is 1. The van der Waals surface area contributed by atoms with Crippen LogP contribution in [0.15, 0.2) is 36.4 Å². The molecule has 0 saturated heterocycles. The molecule has 0 bridgehead atoms. The van der Waals surface area contributed by atoms with Crippen LogP contribution in [0.5, 0.6) is 5.75 Å². The molecule has 0 radical (unpaired) electrons. The third-order valence-corrected chi connectivity index (χ3v) is 2.07. The summed E-state index contributed by atoms with van der Waals surface area (Å²) in [5.74, 6) is -0.763. The molecule has 0 aliphatic heterocycles. The summed E-state index contributed by atoms with van der Waals surface area (Å²) in [6.07, 6.45) is 0. The summed E-state index contributed by atoms with van der Waals surface area (Å²) in [5.41, 5.74) is 0.253. The van der Waals surface area contributed by atoms with Gasteiger partial charge in [0.05, 0.1) is 5.56 Å². The molecular formula is C11H9LiO3. The van der Waals surface area contributed by atoms with Crippen LogP contribution in [0.1, 0.15) is 10.4 Å². The fraction of sp³-hybridized carbons (Fsp3) is 0. The number of hydrogen-bond acceptors (Lipinski definition) is 2. The SMILES string of the molecule is O=C(O)c1ccc2cc(O)ccc2c1.[LiH]. The topological polar surface area (TPSA) is 57.5 Å². The zero-order chi connectivity index (χ0) is 10.1. The van der Waals surface area contributed by atoms with Crippen molar-refractivity contribution in [3.63, 3.8) is 0 Å². The molecule has 0 amide bonds. The van der Waals surface area contributed by atoms with Gasteiger partial charge in [0.25, 0.3) is 0 Å². The Morgan fingerprint density at radius 2 is 1.60 bits per heavy atom. The Balaban J connectivity index is 0.00000112. The number of hydrogen-bond donors (Lipinski definition) is 2. The molecular weight excluding hydrogens is 187 g/mol. The Kier molecular flexibility index (Phi) is 3.41. The van der Waals surface area contributed by atoms with Gasteiger partial charge in [-0.15, -0.1) is 0 Å². The van der Waals surface area contributed by atoms with Crippen LogP contribution in [0.4, 0.5) is 0 Å². The van der Waals surface area contributed by atoms with Crippen molar-refractivity contribution in [1.29, 1.82) is 0 Å². The van der Waals surface area contributed by atoms with Gasteiger partial charge in [0.2, 0.25) is 0 Å². The number of benzene rings is 2. The number of carboxylic acids is 1. The first kappa shape index (κ1) is 11.6. The van der Waals surface area contributed by atoms with Crippen molar-refractivity contribution in [3.05, 3.63) is 42.0 Å². The van der Waals surface area contributed by atoms with Gasteiger partial charge >= 0.3 is 24.8 Å². The first-order valence-electron chi connectivity index (χ1n) is 4.13. The average Bonchev–Trinajstić information content (AvgIpc) is 2.16. The van der Waals surface area contributed by atoms with Crippen molar-refractivity contribution in [2.75, 3.05) is 0 Å². The number of phenolic OH excluding ortho intramolecular Hbond substituents is 1. The zero-order valence-electron chi connectivity index (χ0n) is 7.27. The summed E-state index contributed by atoms with van der Waals surface area (Å²) in [5, 5.41) is 19.6. The monoisotopic (exact) mass is 196 g/mol. The molecule has 3 nitrogen and oxygen atoms in total.